The van der Waals surface area contributed by atoms with Crippen molar-refractivity contribution < 1.29 is 10.2 Å². The highest BCUT2D eigenvalue weighted by molar-refractivity contribution is 5.32. The molecule has 2 unspecified atom stereocenters. The Morgan fingerprint density at radius 3 is 2.47 bits per heavy atom. The fourth-order valence-electron chi connectivity index (χ4n) is 1.43. The van der Waals surface area contributed by atoms with Crippen LogP contribution in [0.3, 0.4) is 0 Å². The molecule has 0 radical (unpaired) electrons. The molecular weight excluding hydrogens is 216 g/mol. The molecule has 0 fully saturated rings. The average molecular weight is 234 g/mol. The molecule has 0 bridgehead atoms. The third kappa shape index (κ3) is 4.53. The fourth-order valence-corrected chi connectivity index (χ4v) is 1.43. The molecule has 4 nitrogen and oxygen atoms in total. The number of nitriles is 1. The van der Waals surface area contributed by atoms with Gasteiger partial charge in [0.2, 0.25) is 0 Å². The van der Waals surface area contributed by atoms with Gasteiger partial charge in [-0.05, 0) is 30.2 Å². The van der Waals surface area contributed by atoms with Crippen LogP contribution in [0.15, 0.2) is 24.3 Å². The van der Waals surface area contributed by atoms with Crippen molar-refractivity contribution in [2.75, 3.05) is 19.7 Å². The molecular formula is C13H18N2O2. The van der Waals surface area contributed by atoms with Gasteiger partial charge in [-0.1, -0.05) is 19.1 Å². The van der Waals surface area contributed by atoms with Gasteiger partial charge in [-0.2, -0.15) is 5.26 Å². The molecule has 0 spiro atoms. The van der Waals surface area contributed by atoms with Crippen LogP contribution in [0.2, 0.25) is 0 Å². The molecule has 4 heteroatoms. The van der Waals surface area contributed by atoms with Crippen molar-refractivity contribution in [3.8, 4) is 6.07 Å². The van der Waals surface area contributed by atoms with Crippen LogP contribution >= 0.6 is 0 Å². The highest BCUT2D eigenvalue weighted by Gasteiger charge is 2.07. The highest BCUT2D eigenvalue weighted by Crippen LogP contribution is 2.12. The van der Waals surface area contributed by atoms with Crippen molar-refractivity contribution in [1.82, 2.24) is 5.32 Å². The lowest BCUT2D eigenvalue weighted by atomic mass is 10.1. The number of hydrogen-bond acceptors (Lipinski definition) is 4. The van der Waals surface area contributed by atoms with Gasteiger partial charge in [0.25, 0.3) is 0 Å². The Balaban J connectivity index is 2.41. The topological polar surface area (TPSA) is 76.3 Å². The maximum Gasteiger partial charge on any atom is 0.0991 e. The second-order valence-electron chi connectivity index (χ2n) is 4.20. The maximum atomic E-state index is 9.86. The number of hydrogen-bond donors (Lipinski definition) is 3. The highest BCUT2D eigenvalue weighted by atomic mass is 16.3. The van der Waals surface area contributed by atoms with E-state index in [0.717, 1.165) is 5.56 Å². The van der Waals surface area contributed by atoms with E-state index in [1.807, 2.05) is 13.0 Å². The van der Waals surface area contributed by atoms with Crippen LogP contribution < -0.4 is 5.32 Å². The van der Waals surface area contributed by atoms with Gasteiger partial charge in [-0.3, -0.25) is 0 Å². The second kappa shape index (κ2) is 7.02. The zero-order chi connectivity index (χ0) is 12.7. The van der Waals surface area contributed by atoms with Gasteiger partial charge in [0.05, 0.1) is 17.7 Å². The van der Waals surface area contributed by atoms with Gasteiger partial charge in [0, 0.05) is 13.2 Å². The van der Waals surface area contributed by atoms with E-state index in [1.165, 1.54) is 0 Å². The minimum Gasteiger partial charge on any atom is -0.396 e. The number of benzene rings is 1. The van der Waals surface area contributed by atoms with E-state index in [9.17, 15) is 5.11 Å². The zero-order valence-corrected chi connectivity index (χ0v) is 9.93. The molecule has 0 aliphatic heterocycles. The van der Waals surface area contributed by atoms with E-state index < -0.39 is 6.10 Å². The maximum absolute atomic E-state index is 9.86. The summed E-state index contributed by atoms with van der Waals surface area (Å²) in [6, 6.07) is 8.91. The van der Waals surface area contributed by atoms with Crippen LogP contribution in [-0.2, 0) is 0 Å². The van der Waals surface area contributed by atoms with E-state index in [4.69, 9.17) is 10.4 Å². The predicted octanol–water partition coefficient (Wildman–Crippen LogP) is 0.810. The van der Waals surface area contributed by atoms with E-state index in [2.05, 4.69) is 5.32 Å². The first-order valence-corrected chi connectivity index (χ1v) is 5.67. The predicted molar refractivity (Wildman–Crippen MR) is 65.2 cm³/mol. The molecule has 2 atom stereocenters. The smallest absolute Gasteiger partial charge is 0.0991 e. The zero-order valence-electron chi connectivity index (χ0n) is 9.93. The Morgan fingerprint density at radius 1 is 1.29 bits per heavy atom. The van der Waals surface area contributed by atoms with Crippen LogP contribution in [0.4, 0.5) is 0 Å². The van der Waals surface area contributed by atoms with Crippen molar-refractivity contribution in [3.05, 3.63) is 35.4 Å². The molecule has 0 aliphatic rings. The van der Waals surface area contributed by atoms with E-state index in [-0.39, 0.29) is 12.5 Å². The molecule has 1 aromatic carbocycles. The molecule has 0 aromatic heterocycles. The molecule has 92 valence electrons. The summed E-state index contributed by atoms with van der Waals surface area (Å²) in [6.07, 6.45) is -0.589. The van der Waals surface area contributed by atoms with Gasteiger partial charge in [0.1, 0.15) is 0 Å². The SMILES string of the molecule is CC(CO)CNCC(O)c1ccc(C#N)cc1. The normalized spacial score (nSPS) is 14.0. The number of aliphatic hydroxyl groups is 2. The van der Waals surface area contributed by atoms with Gasteiger partial charge in [-0.15, -0.1) is 0 Å². The van der Waals surface area contributed by atoms with Crippen molar-refractivity contribution in [1.29, 1.82) is 5.26 Å². The van der Waals surface area contributed by atoms with E-state index in [0.29, 0.717) is 18.7 Å². The van der Waals surface area contributed by atoms with Crippen LogP contribution in [0.25, 0.3) is 0 Å². The van der Waals surface area contributed by atoms with Crippen molar-refractivity contribution in [2.24, 2.45) is 5.92 Å². The summed E-state index contributed by atoms with van der Waals surface area (Å²) in [7, 11) is 0. The summed E-state index contributed by atoms with van der Waals surface area (Å²) in [5.41, 5.74) is 1.37. The van der Waals surface area contributed by atoms with E-state index in [1.54, 1.807) is 24.3 Å². The van der Waals surface area contributed by atoms with Crippen LogP contribution in [-0.4, -0.2) is 29.9 Å². The third-order valence-corrected chi connectivity index (χ3v) is 2.57. The molecule has 1 aromatic rings. The lowest BCUT2D eigenvalue weighted by molar-refractivity contribution is 0.168. The number of rotatable bonds is 6. The first-order valence-electron chi connectivity index (χ1n) is 5.67. The minimum atomic E-state index is -0.589. The largest absolute Gasteiger partial charge is 0.396 e. The quantitative estimate of drug-likeness (QED) is 0.681. The van der Waals surface area contributed by atoms with Crippen LogP contribution in [0.5, 0.6) is 0 Å². The monoisotopic (exact) mass is 234 g/mol. The lowest BCUT2D eigenvalue weighted by Crippen LogP contribution is -2.27. The van der Waals surface area contributed by atoms with E-state index >= 15 is 0 Å². The van der Waals surface area contributed by atoms with Crippen molar-refractivity contribution in [3.63, 3.8) is 0 Å². The molecule has 0 saturated heterocycles. The fraction of sp³-hybridized carbons (Fsp3) is 0.462. The first kappa shape index (κ1) is 13.7. The second-order valence-corrected chi connectivity index (χ2v) is 4.20. The summed E-state index contributed by atoms with van der Waals surface area (Å²) in [5.74, 6) is 0.183. The summed E-state index contributed by atoms with van der Waals surface area (Å²) in [5, 5.41) is 30.4. The summed E-state index contributed by atoms with van der Waals surface area (Å²) >= 11 is 0. The van der Waals surface area contributed by atoms with Gasteiger partial charge >= 0.3 is 0 Å². The average Bonchev–Trinajstić information content (AvgIpc) is 2.38. The van der Waals surface area contributed by atoms with Crippen LogP contribution in [0.1, 0.15) is 24.2 Å². The summed E-state index contributed by atoms with van der Waals surface area (Å²) < 4.78 is 0. The molecule has 3 N–H and O–H groups in total. The molecule has 0 heterocycles. The summed E-state index contributed by atoms with van der Waals surface area (Å²) in [4.78, 5) is 0. The Morgan fingerprint density at radius 2 is 1.94 bits per heavy atom. The van der Waals surface area contributed by atoms with Gasteiger partial charge < -0.3 is 15.5 Å². The molecule has 1 rings (SSSR count). The third-order valence-electron chi connectivity index (χ3n) is 2.57. The van der Waals surface area contributed by atoms with Crippen LogP contribution in [0, 0.1) is 17.2 Å². The standard InChI is InChI=1S/C13H18N2O2/c1-10(9-16)7-15-8-13(17)12-4-2-11(6-14)3-5-12/h2-5,10,13,15-17H,7-9H2,1H3. The summed E-state index contributed by atoms with van der Waals surface area (Å²) in [6.45, 7) is 3.18. The van der Waals surface area contributed by atoms with Crippen molar-refractivity contribution >= 4 is 0 Å². The first-order chi connectivity index (χ1) is 8.17. The molecule has 0 aliphatic carbocycles. The Labute approximate surface area is 102 Å². The minimum absolute atomic E-state index is 0.139. The Kier molecular flexibility index (Phi) is 5.64. The van der Waals surface area contributed by atoms with Crippen molar-refractivity contribution in [2.45, 2.75) is 13.0 Å². The number of nitrogens with zero attached hydrogens (tertiary/aromatic N) is 1. The van der Waals surface area contributed by atoms with Gasteiger partial charge in [0.15, 0.2) is 0 Å². The Bertz CT molecular complexity index is 370. The molecule has 17 heavy (non-hydrogen) atoms. The molecule has 0 saturated carbocycles. The molecule has 0 amide bonds. The Hall–Kier alpha value is -1.41. The lowest BCUT2D eigenvalue weighted by Gasteiger charge is -2.14. The number of nitrogens with one attached hydrogen (secondary N) is 1. The number of aliphatic hydroxyl groups excluding tert-OH is 2. The van der Waals surface area contributed by atoms with Gasteiger partial charge in [-0.25, -0.2) is 0 Å².